The van der Waals surface area contributed by atoms with E-state index in [4.69, 9.17) is 0 Å². The van der Waals surface area contributed by atoms with Crippen molar-refractivity contribution < 1.29 is 13.2 Å². The molecule has 0 aliphatic rings. The Hall–Kier alpha value is -3.27. The summed E-state index contributed by atoms with van der Waals surface area (Å²) < 4.78 is 29.0. The zero-order chi connectivity index (χ0) is 20.3. The van der Waals surface area contributed by atoms with Crippen LogP contribution >= 0.6 is 0 Å². The standard InChI is InChI=1S/C18H20N6O3S/c1-4-24-16(9-10-19-24)17(25)22-14-5-7-15(8-6-14)28(26,27)23-18-20-12(2)11-13(3)21-18/h5-11H,4H2,1-3H3,(H,22,25)(H,20,21,23). The lowest BCUT2D eigenvalue weighted by molar-refractivity contribution is 0.101. The van der Waals surface area contributed by atoms with Gasteiger partial charge in [-0.05, 0) is 57.2 Å². The van der Waals surface area contributed by atoms with E-state index in [0.29, 0.717) is 29.3 Å². The molecule has 3 aromatic rings. The highest BCUT2D eigenvalue weighted by atomic mass is 32.2. The van der Waals surface area contributed by atoms with Gasteiger partial charge in [0.2, 0.25) is 5.95 Å². The molecule has 0 spiro atoms. The molecule has 2 aromatic heterocycles. The number of amides is 1. The summed E-state index contributed by atoms with van der Waals surface area (Å²) in [4.78, 5) is 20.5. The zero-order valence-electron chi connectivity index (χ0n) is 15.7. The van der Waals surface area contributed by atoms with Crippen molar-refractivity contribution >= 4 is 27.6 Å². The Balaban J connectivity index is 1.75. The molecule has 2 N–H and O–H groups in total. The number of nitrogens with zero attached hydrogens (tertiary/aromatic N) is 4. The Morgan fingerprint density at radius 3 is 2.32 bits per heavy atom. The van der Waals surface area contributed by atoms with E-state index >= 15 is 0 Å². The van der Waals surface area contributed by atoms with Gasteiger partial charge in [0, 0.05) is 29.8 Å². The molecule has 2 heterocycles. The number of carbonyl (C=O) groups excluding carboxylic acids is 1. The number of aryl methyl sites for hydroxylation is 3. The average molecular weight is 400 g/mol. The van der Waals surface area contributed by atoms with E-state index in [1.807, 2.05) is 6.92 Å². The first kappa shape index (κ1) is 19.5. The lowest BCUT2D eigenvalue weighted by Gasteiger charge is -2.10. The van der Waals surface area contributed by atoms with Gasteiger partial charge in [-0.25, -0.2) is 23.1 Å². The minimum atomic E-state index is -3.85. The molecule has 10 heteroatoms. The highest BCUT2D eigenvalue weighted by Gasteiger charge is 2.17. The Labute approximate surface area is 162 Å². The second-order valence-electron chi connectivity index (χ2n) is 6.09. The summed E-state index contributed by atoms with van der Waals surface area (Å²) >= 11 is 0. The minimum absolute atomic E-state index is 0.0164. The van der Waals surface area contributed by atoms with Crippen LogP contribution in [0.4, 0.5) is 11.6 Å². The molecule has 0 radical (unpaired) electrons. The monoisotopic (exact) mass is 400 g/mol. The van der Waals surface area contributed by atoms with Gasteiger partial charge in [-0.3, -0.25) is 9.48 Å². The number of hydrogen-bond donors (Lipinski definition) is 2. The number of hydrogen-bond acceptors (Lipinski definition) is 6. The van der Waals surface area contributed by atoms with E-state index < -0.39 is 10.0 Å². The van der Waals surface area contributed by atoms with Crippen LogP contribution in [0.25, 0.3) is 0 Å². The summed E-state index contributed by atoms with van der Waals surface area (Å²) in [6.07, 6.45) is 1.55. The quantitative estimate of drug-likeness (QED) is 0.656. The van der Waals surface area contributed by atoms with Crippen LogP contribution in [-0.2, 0) is 16.6 Å². The van der Waals surface area contributed by atoms with Gasteiger partial charge in [-0.2, -0.15) is 5.10 Å². The van der Waals surface area contributed by atoms with E-state index in [-0.39, 0.29) is 16.8 Å². The summed E-state index contributed by atoms with van der Waals surface area (Å²) in [6.45, 7) is 5.97. The third-order valence-corrected chi connectivity index (χ3v) is 5.22. The van der Waals surface area contributed by atoms with Gasteiger partial charge in [0.1, 0.15) is 5.69 Å². The number of anilines is 2. The Morgan fingerprint density at radius 1 is 1.07 bits per heavy atom. The third kappa shape index (κ3) is 4.34. The van der Waals surface area contributed by atoms with Gasteiger partial charge < -0.3 is 5.32 Å². The fourth-order valence-corrected chi connectivity index (χ4v) is 3.58. The summed E-state index contributed by atoms with van der Waals surface area (Å²) in [7, 11) is -3.85. The Bertz CT molecular complexity index is 1090. The van der Waals surface area contributed by atoms with Crippen LogP contribution in [0.1, 0.15) is 28.8 Å². The van der Waals surface area contributed by atoms with Crippen LogP contribution in [0.2, 0.25) is 0 Å². The largest absolute Gasteiger partial charge is 0.321 e. The van der Waals surface area contributed by atoms with Gasteiger partial charge in [0.25, 0.3) is 15.9 Å². The molecule has 0 fully saturated rings. The summed E-state index contributed by atoms with van der Waals surface area (Å²) in [5, 5.41) is 6.78. The van der Waals surface area contributed by atoms with Crippen molar-refractivity contribution in [2.45, 2.75) is 32.2 Å². The Morgan fingerprint density at radius 2 is 1.71 bits per heavy atom. The van der Waals surface area contributed by atoms with Crippen LogP contribution in [0.15, 0.2) is 47.5 Å². The van der Waals surface area contributed by atoms with Crippen molar-refractivity contribution in [2.75, 3.05) is 10.0 Å². The van der Waals surface area contributed by atoms with Gasteiger partial charge in [-0.1, -0.05) is 0 Å². The fourth-order valence-electron chi connectivity index (χ4n) is 2.64. The molecule has 0 saturated heterocycles. The van der Waals surface area contributed by atoms with Crippen LogP contribution in [-0.4, -0.2) is 34.1 Å². The Kier molecular flexibility index (Phi) is 5.41. The number of benzene rings is 1. The lowest BCUT2D eigenvalue weighted by Crippen LogP contribution is -2.18. The van der Waals surface area contributed by atoms with E-state index in [2.05, 4.69) is 25.1 Å². The topological polar surface area (TPSA) is 119 Å². The molecule has 146 valence electrons. The first-order valence-electron chi connectivity index (χ1n) is 8.57. The van der Waals surface area contributed by atoms with Gasteiger partial charge >= 0.3 is 0 Å². The molecular weight excluding hydrogens is 380 g/mol. The first-order chi connectivity index (χ1) is 13.3. The SMILES string of the molecule is CCn1nccc1C(=O)Nc1ccc(S(=O)(=O)Nc2nc(C)cc(C)n2)cc1. The highest BCUT2D eigenvalue weighted by molar-refractivity contribution is 7.92. The predicted octanol–water partition coefficient (Wildman–Crippen LogP) is 2.36. The van der Waals surface area contributed by atoms with Gasteiger partial charge in [-0.15, -0.1) is 0 Å². The first-order valence-corrected chi connectivity index (χ1v) is 10.0. The van der Waals surface area contributed by atoms with E-state index in [1.54, 1.807) is 36.9 Å². The van der Waals surface area contributed by atoms with E-state index in [9.17, 15) is 13.2 Å². The number of aromatic nitrogens is 4. The van der Waals surface area contributed by atoms with E-state index in [1.165, 1.54) is 24.3 Å². The van der Waals surface area contributed by atoms with Crippen molar-refractivity contribution in [1.82, 2.24) is 19.7 Å². The average Bonchev–Trinajstić information content (AvgIpc) is 3.09. The molecule has 0 unspecified atom stereocenters. The second kappa shape index (κ2) is 7.77. The van der Waals surface area contributed by atoms with Crippen LogP contribution < -0.4 is 10.0 Å². The summed E-state index contributed by atoms with van der Waals surface area (Å²) in [5.41, 5.74) is 2.22. The highest BCUT2D eigenvalue weighted by Crippen LogP contribution is 2.17. The number of carbonyl (C=O) groups is 1. The fraction of sp³-hybridized carbons (Fsp3) is 0.222. The number of rotatable bonds is 6. The molecular formula is C18H20N6O3S. The predicted molar refractivity (Wildman–Crippen MR) is 105 cm³/mol. The molecule has 1 aromatic carbocycles. The minimum Gasteiger partial charge on any atom is -0.321 e. The third-order valence-electron chi connectivity index (χ3n) is 3.88. The van der Waals surface area contributed by atoms with Crippen molar-refractivity contribution in [3.8, 4) is 0 Å². The van der Waals surface area contributed by atoms with Crippen molar-refractivity contribution in [2.24, 2.45) is 0 Å². The smallest absolute Gasteiger partial charge is 0.273 e. The maximum atomic E-state index is 12.5. The molecule has 9 nitrogen and oxygen atoms in total. The molecule has 0 saturated carbocycles. The van der Waals surface area contributed by atoms with Gasteiger partial charge in [0.15, 0.2) is 0 Å². The lowest BCUT2D eigenvalue weighted by atomic mass is 10.3. The second-order valence-corrected chi connectivity index (χ2v) is 7.77. The number of nitrogens with one attached hydrogen (secondary N) is 2. The van der Waals surface area contributed by atoms with Crippen LogP contribution in [0.5, 0.6) is 0 Å². The maximum Gasteiger partial charge on any atom is 0.273 e. The molecule has 0 bridgehead atoms. The van der Waals surface area contributed by atoms with Crippen LogP contribution in [0, 0.1) is 13.8 Å². The van der Waals surface area contributed by atoms with Crippen LogP contribution in [0.3, 0.4) is 0 Å². The summed E-state index contributed by atoms with van der Waals surface area (Å²) in [5.74, 6) is -0.306. The number of sulfonamides is 1. The maximum absolute atomic E-state index is 12.5. The van der Waals surface area contributed by atoms with Crippen molar-refractivity contribution in [3.63, 3.8) is 0 Å². The van der Waals surface area contributed by atoms with Crippen molar-refractivity contribution in [1.29, 1.82) is 0 Å². The molecule has 0 aliphatic carbocycles. The molecule has 1 amide bonds. The van der Waals surface area contributed by atoms with Gasteiger partial charge in [0.05, 0.1) is 4.90 Å². The normalized spacial score (nSPS) is 11.2. The molecule has 0 atom stereocenters. The van der Waals surface area contributed by atoms with Crippen molar-refractivity contribution in [3.05, 3.63) is 59.7 Å². The molecule has 3 rings (SSSR count). The zero-order valence-corrected chi connectivity index (χ0v) is 16.5. The summed E-state index contributed by atoms with van der Waals surface area (Å²) in [6, 6.07) is 9.20. The molecule has 28 heavy (non-hydrogen) atoms. The van der Waals surface area contributed by atoms with E-state index in [0.717, 1.165) is 0 Å². The molecule has 0 aliphatic heterocycles.